The van der Waals surface area contributed by atoms with Crippen molar-refractivity contribution in [3.8, 4) is 0 Å². The largest absolute Gasteiger partial charge is 0.355 e. The summed E-state index contributed by atoms with van der Waals surface area (Å²) in [6.45, 7) is 2.98. The zero-order valence-electron chi connectivity index (χ0n) is 10.7. The highest BCUT2D eigenvalue weighted by molar-refractivity contribution is 9.08. The molecule has 1 aromatic heterocycles. The smallest absolute Gasteiger partial charge is 0.128 e. The van der Waals surface area contributed by atoms with Crippen molar-refractivity contribution in [2.24, 2.45) is 0 Å². The van der Waals surface area contributed by atoms with Crippen LogP contribution in [0.3, 0.4) is 0 Å². The molecule has 0 bridgehead atoms. The Hall–Kier alpha value is -1.35. The first-order valence-electron chi connectivity index (χ1n) is 5.96. The molecule has 0 aliphatic rings. The lowest BCUT2D eigenvalue weighted by Gasteiger charge is -2.18. The van der Waals surface area contributed by atoms with Crippen LogP contribution in [0, 0.1) is 6.92 Å². The predicted octanol–water partition coefficient (Wildman–Crippen LogP) is 3.92. The Morgan fingerprint density at radius 2 is 1.72 bits per heavy atom. The lowest BCUT2D eigenvalue weighted by Crippen LogP contribution is -2.17. The standard InChI is InChI=1S/C15H17BrN2/c1-12-3-5-13(6-4-12)11-18(2)15-8-7-14(9-16)10-17-15/h3-8,10H,9,11H2,1-2H3. The van der Waals surface area contributed by atoms with Crippen LogP contribution >= 0.6 is 15.9 Å². The third-order valence-corrected chi connectivity index (χ3v) is 3.54. The van der Waals surface area contributed by atoms with E-state index in [2.05, 4.69) is 76.2 Å². The average Bonchev–Trinajstić information content (AvgIpc) is 2.41. The molecule has 2 nitrogen and oxygen atoms in total. The van der Waals surface area contributed by atoms with Crippen LogP contribution in [0.4, 0.5) is 5.82 Å². The van der Waals surface area contributed by atoms with E-state index in [1.165, 1.54) is 16.7 Å². The van der Waals surface area contributed by atoms with E-state index in [1.807, 2.05) is 6.20 Å². The Balaban J connectivity index is 2.06. The minimum absolute atomic E-state index is 0.849. The lowest BCUT2D eigenvalue weighted by atomic mass is 10.1. The van der Waals surface area contributed by atoms with E-state index in [1.54, 1.807) is 0 Å². The van der Waals surface area contributed by atoms with Gasteiger partial charge in [-0.05, 0) is 24.1 Å². The van der Waals surface area contributed by atoms with Gasteiger partial charge in [0, 0.05) is 25.1 Å². The van der Waals surface area contributed by atoms with Crippen LogP contribution in [-0.2, 0) is 11.9 Å². The van der Waals surface area contributed by atoms with Crippen LogP contribution < -0.4 is 4.90 Å². The number of anilines is 1. The monoisotopic (exact) mass is 304 g/mol. The summed E-state index contributed by atoms with van der Waals surface area (Å²) in [7, 11) is 2.07. The Labute approximate surface area is 117 Å². The van der Waals surface area contributed by atoms with Gasteiger partial charge in [0.15, 0.2) is 0 Å². The second kappa shape index (κ2) is 6.01. The summed E-state index contributed by atoms with van der Waals surface area (Å²) in [6, 6.07) is 12.8. The molecule has 1 aromatic carbocycles. The summed E-state index contributed by atoms with van der Waals surface area (Å²) in [5.74, 6) is 1.00. The van der Waals surface area contributed by atoms with Crippen molar-refractivity contribution in [1.82, 2.24) is 4.98 Å². The summed E-state index contributed by atoms with van der Waals surface area (Å²) in [5.41, 5.74) is 3.79. The fourth-order valence-corrected chi connectivity index (χ4v) is 2.10. The summed E-state index contributed by atoms with van der Waals surface area (Å²) in [6.07, 6.45) is 1.91. The molecule has 2 rings (SSSR count). The van der Waals surface area contributed by atoms with E-state index in [0.29, 0.717) is 0 Å². The molecule has 0 spiro atoms. The van der Waals surface area contributed by atoms with Crippen LogP contribution in [0.1, 0.15) is 16.7 Å². The van der Waals surface area contributed by atoms with Gasteiger partial charge in [-0.1, -0.05) is 51.8 Å². The average molecular weight is 305 g/mol. The minimum Gasteiger partial charge on any atom is -0.355 e. The maximum absolute atomic E-state index is 4.46. The number of alkyl halides is 1. The number of nitrogens with zero attached hydrogens (tertiary/aromatic N) is 2. The normalized spacial score (nSPS) is 10.4. The van der Waals surface area contributed by atoms with Gasteiger partial charge in [0.25, 0.3) is 0 Å². The number of hydrogen-bond donors (Lipinski definition) is 0. The Morgan fingerprint density at radius 1 is 1.06 bits per heavy atom. The maximum atomic E-state index is 4.46. The summed E-state index contributed by atoms with van der Waals surface area (Å²) >= 11 is 3.43. The van der Waals surface area contributed by atoms with E-state index in [9.17, 15) is 0 Å². The number of aromatic nitrogens is 1. The second-order valence-electron chi connectivity index (χ2n) is 4.50. The topological polar surface area (TPSA) is 16.1 Å². The Morgan fingerprint density at radius 3 is 2.28 bits per heavy atom. The zero-order valence-corrected chi connectivity index (χ0v) is 12.3. The van der Waals surface area contributed by atoms with Crippen molar-refractivity contribution in [1.29, 1.82) is 0 Å². The van der Waals surface area contributed by atoms with E-state index < -0.39 is 0 Å². The number of hydrogen-bond acceptors (Lipinski definition) is 2. The van der Waals surface area contributed by atoms with Crippen molar-refractivity contribution in [2.45, 2.75) is 18.8 Å². The van der Waals surface area contributed by atoms with Gasteiger partial charge in [-0.25, -0.2) is 4.98 Å². The van der Waals surface area contributed by atoms with Gasteiger partial charge < -0.3 is 4.90 Å². The summed E-state index contributed by atoms with van der Waals surface area (Å²) in [5, 5.41) is 0.849. The van der Waals surface area contributed by atoms with Gasteiger partial charge in [0.2, 0.25) is 0 Å². The van der Waals surface area contributed by atoms with Crippen molar-refractivity contribution >= 4 is 21.7 Å². The van der Waals surface area contributed by atoms with Gasteiger partial charge in [-0.3, -0.25) is 0 Å². The zero-order chi connectivity index (χ0) is 13.0. The molecule has 3 heteroatoms. The second-order valence-corrected chi connectivity index (χ2v) is 5.06. The van der Waals surface area contributed by atoms with Crippen LogP contribution in [0.25, 0.3) is 0 Å². The third-order valence-electron chi connectivity index (χ3n) is 2.89. The molecule has 0 atom stereocenters. The molecule has 0 radical (unpaired) electrons. The minimum atomic E-state index is 0.849. The summed E-state index contributed by atoms with van der Waals surface area (Å²) < 4.78 is 0. The fraction of sp³-hybridized carbons (Fsp3) is 0.267. The van der Waals surface area contributed by atoms with Crippen molar-refractivity contribution < 1.29 is 0 Å². The molecular weight excluding hydrogens is 288 g/mol. The third kappa shape index (κ3) is 3.33. The number of halogens is 1. The fourth-order valence-electron chi connectivity index (χ4n) is 1.77. The molecule has 1 heterocycles. The highest BCUT2D eigenvalue weighted by Crippen LogP contribution is 2.14. The molecule has 18 heavy (non-hydrogen) atoms. The first-order chi connectivity index (χ1) is 8.69. The molecule has 2 aromatic rings. The van der Waals surface area contributed by atoms with Gasteiger partial charge >= 0.3 is 0 Å². The quantitative estimate of drug-likeness (QED) is 0.796. The molecule has 0 aliphatic heterocycles. The molecule has 0 saturated heterocycles. The molecule has 0 N–H and O–H groups in total. The lowest BCUT2D eigenvalue weighted by molar-refractivity contribution is 0.896. The number of pyridine rings is 1. The van der Waals surface area contributed by atoms with Crippen LogP contribution in [0.2, 0.25) is 0 Å². The van der Waals surface area contributed by atoms with Crippen LogP contribution in [0.15, 0.2) is 42.6 Å². The van der Waals surface area contributed by atoms with Crippen LogP contribution in [-0.4, -0.2) is 12.0 Å². The molecule has 0 amide bonds. The van der Waals surface area contributed by atoms with Gasteiger partial charge in [-0.15, -0.1) is 0 Å². The van der Waals surface area contributed by atoms with Crippen molar-refractivity contribution in [3.05, 3.63) is 59.3 Å². The van der Waals surface area contributed by atoms with Gasteiger partial charge in [-0.2, -0.15) is 0 Å². The SMILES string of the molecule is Cc1ccc(CN(C)c2ccc(CBr)cn2)cc1. The maximum Gasteiger partial charge on any atom is 0.128 e. The molecule has 0 aliphatic carbocycles. The Kier molecular flexibility index (Phi) is 4.37. The Bertz CT molecular complexity index is 491. The molecule has 0 fully saturated rings. The first-order valence-corrected chi connectivity index (χ1v) is 7.09. The van der Waals surface area contributed by atoms with Gasteiger partial charge in [0.1, 0.15) is 5.82 Å². The number of benzene rings is 1. The molecular formula is C15H17BrN2. The predicted molar refractivity (Wildman–Crippen MR) is 80.2 cm³/mol. The number of aryl methyl sites for hydroxylation is 1. The van der Waals surface area contributed by atoms with Crippen LogP contribution in [0.5, 0.6) is 0 Å². The highest BCUT2D eigenvalue weighted by atomic mass is 79.9. The molecule has 0 saturated carbocycles. The highest BCUT2D eigenvalue weighted by Gasteiger charge is 2.03. The number of rotatable bonds is 4. The van der Waals surface area contributed by atoms with E-state index in [-0.39, 0.29) is 0 Å². The molecule has 0 unspecified atom stereocenters. The van der Waals surface area contributed by atoms with Crippen molar-refractivity contribution in [2.75, 3.05) is 11.9 Å². The van der Waals surface area contributed by atoms with Gasteiger partial charge in [0.05, 0.1) is 0 Å². The molecule has 94 valence electrons. The van der Waals surface area contributed by atoms with Crippen molar-refractivity contribution in [3.63, 3.8) is 0 Å². The van der Waals surface area contributed by atoms with E-state index in [0.717, 1.165) is 17.7 Å². The van der Waals surface area contributed by atoms with E-state index in [4.69, 9.17) is 0 Å². The van der Waals surface area contributed by atoms with E-state index >= 15 is 0 Å². The first kappa shape index (κ1) is 13.1. The summed E-state index contributed by atoms with van der Waals surface area (Å²) in [4.78, 5) is 6.61.